The molecule has 0 aliphatic heterocycles. The average Bonchev–Trinajstić information content (AvgIpc) is 2.26. The summed E-state index contributed by atoms with van der Waals surface area (Å²) in [6.07, 6.45) is 5.82. The highest BCUT2D eigenvalue weighted by Crippen LogP contribution is 2.22. The van der Waals surface area contributed by atoms with E-state index in [1.165, 1.54) is 19.3 Å². The van der Waals surface area contributed by atoms with Crippen LogP contribution in [0.2, 0.25) is 0 Å². The molecule has 0 unspecified atom stereocenters. The molecular formula is C10H20N2O2. The molecule has 0 aromatic heterocycles. The molecule has 2 N–H and O–H groups in total. The number of urea groups is 1. The van der Waals surface area contributed by atoms with Crippen LogP contribution in [0.4, 0.5) is 4.79 Å². The van der Waals surface area contributed by atoms with Crippen LogP contribution in [0.15, 0.2) is 0 Å². The first-order chi connectivity index (χ1) is 6.79. The first-order valence-electron chi connectivity index (χ1n) is 5.38. The van der Waals surface area contributed by atoms with Crippen LogP contribution in [0, 0.1) is 0 Å². The van der Waals surface area contributed by atoms with Gasteiger partial charge in [0.1, 0.15) is 0 Å². The molecule has 4 heteroatoms. The van der Waals surface area contributed by atoms with Crippen molar-refractivity contribution in [3.63, 3.8) is 0 Å². The molecule has 2 amide bonds. The zero-order valence-corrected chi connectivity index (χ0v) is 8.83. The topological polar surface area (TPSA) is 52.6 Å². The van der Waals surface area contributed by atoms with Gasteiger partial charge in [-0.3, -0.25) is 0 Å². The third-order valence-corrected chi connectivity index (χ3v) is 2.83. The number of nitrogens with zero attached hydrogens (tertiary/aromatic N) is 1. The molecule has 0 aromatic carbocycles. The molecule has 0 bridgehead atoms. The van der Waals surface area contributed by atoms with Gasteiger partial charge in [-0.05, 0) is 12.8 Å². The molecule has 14 heavy (non-hydrogen) atoms. The Labute approximate surface area is 85.3 Å². The van der Waals surface area contributed by atoms with Crippen LogP contribution >= 0.6 is 0 Å². The van der Waals surface area contributed by atoms with E-state index in [0.717, 1.165) is 12.8 Å². The lowest BCUT2D eigenvalue weighted by Crippen LogP contribution is -2.47. The van der Waals surface area contributed by atoms with Gasteiger partial charge in [-0.2, -0.15) is 0 Å². The normalized spacial score (nSPS) is 17.9. The number of nitrogens with one attached hydrogen (secondary N) is 1. The van der Waals surface area contributed by atoms with Crippen LogP contribution in [0.5, 0.6) is 0 Å². The van der Waals surface area contributed by atoms with Gasteiger partial charge in [-0.1, -0.05) is 19.3 Å². The summed E-state index contributed by atoms with van der Waals surface area (Å²) in [4.78, 5) is 13.3. The summed E-state index contributed by atoms with van der Waals surface area (Å²) < 4.78 is 0. The Hall–Kier alpha value is -0.770. The summed E-state index contributed by atoms with van der Waals surface area (Å²) >= 11 is 0. The van der Waals surface area contributed by atoms with Crippen molar-refractivity contribution in [1.82, 2.24) is 10.2 Å². The summed E-state index contributed by atoms with van der Waals surface area (Å²) in [5.74, 6) is 0. The van der Waals surface area contributed by atoms with Crippen LogP contribution < -0.4 is 5.32 Å². The first-order valence-corrected chi connectivity index (χ1v) is 5.38. The Balaban J connectivity index is 2.50. The van der Waals surface area contributed by atoms with Crippen molar-refractivity contribution in [2.45, 2.75) is 38.1 Å². The molecule has 0 saturated heterocycles. The lowest BCUT2D eigenvalue weighted by atomic mass is 9.94. The first kappa shape index (κ1) is 11.3. The van der Waals surface area contributed by atoms with Crippen LogP contribution in [0.1, 0.15) is 32.1 Å². The SMILES string of the molecule is CNC(=O)N(CCO)C1CCCCC1. The summed E-state index contributed by atoms with van der Waals surface area (Å²) in [5, 5.41) is 11.5. The van der Waals surface area contributed by atoms with E-state index in [1.54, 1.807) is 11.9 Å². The number of aliphatic hydroxyl groups excluding tert-OH is 1. The van der Waals surface area contributed by atoms with Crippen molar-refractivity contribution < 1.29 is 9.90 Å². The van der Waals surface area contributed by atoms with Crippen LogP contribution in [0.25, 0.3) is 0 Å². The predicted molar refractivity (Wildman–Crippen MR) is 55.1 cm³/mol. The van der Waals surface area contributed by atoms with Crippen molar-refractivity contribution in [2.75, 3.05) is 20.2 Å². The number of rotatable bonds is 3. The number of amides is 2. The molecule has 0 heterocycles. The van der Waals surface area contributed by atoms with E-state index in [0.29, 0.717) is 12.6 Å². The third kappa shape index (κ3) is 2.87. The Morgan fingerprint density at radius 2 is 2.07 bits per heavy atom. The zero-order chi connectivity index (χ0) is 10.4. The molecule has 1 aliphatic carbocycles. The van der Waals surface area contributed by atoms with Gasteiger partial charge in [0, 0.05) is 19.6 Å². The summed E-state index contributed by atoms with van der Waals surface area (Å²) in [6.45, 7) is 0.494. The molecule has 0 atom stereocenters. The summed E-state index contributed by atoms with van der Waals surface area (Å²) in [6, 6.07) is 0.266. The highest BCUT2D eigenvalue weighted by Gasteiger charge is 2.23. The van der Waals surface area contributed by atoms with E-state index < -0.39 is 0 Å². The lowest BCUT2D eigenvalue weighted by molar-refractivity contribution is 0.136. The molecule has 4 nitrogen and oxygen atoms in total. The van der Waals surface area contributed by atoms with E-state index in [-0.39, 0.29) is 12.6 Å². The van der Waals surface area contributed by atoms with E-state index in [1.807, 2.05) is 0 Å². The second-order valence-corrected chi connectivity index (χ2v) is 3.76. The Kier molecular flexibility index (Phi) is 4.73. The van der Waals surface area contributed by atoms with Crippen molar-refractivity contribution in [3.8, 4) is 0 Å². The third-order valence-electron chi connectivity index (χ3n) is 2.83. The van der Waals surface area contributed by atoms with Gasteiger partial charge in [-0.15, -0.1) is 0 Å². The van der Waals surface area contributed by atoms with Crippen molar-refractivity contribution in [1.29, 1.82) is 0 Å². The fourth-order valence-corrected chi connectivity index (χ4v) is 2.09. The van der Waals surface area contributed by atoms with E-state index in [9.17, 15) is 4.79 Å². The minimum Gasteiger partial charge on any atom is -0.395 e. The molecule has 0 spiro atoms. The highest BCUT2D eigenvalue weighted by molar-refractivity contribution is 5.74. The van der Waals surface area contributed by atoms with Crippen molar-refractivity contribution in [3.05, 3.63) is 0 Å². The van der Waals surface area contributed by atoms with Gasteiger partial charge in [-0.25, -0.2) is 4.79 Å². The molecule has 82 valence electrons. The molecule has 0 aromatic rings. The molecular weight excluding hydrogens is 180 g/mol. The van der Waals surface area contributed by atoms with Crippen LogP contribution in [-0.4, -0.2) is 42.3 Å². The molecule has 1 fully saturated rings. The largest absolute Gasteiger partial charge is 0.395 e. The fraction of sp³-hybridized carbons (Fsp3) is 0.900. The summed E-state index contributed by atoms with van der Waals surface area (Å²) in [7, 11) is 1.63. The number of carbonyl (C=O) groups excluding carboxylic acids is 1. The Bertz CT molecular complexity index is 179. The number of hydrogen-bond donors (Lipinski definition) is 2. The minimum atomic E-state index is -0.0639. The number of carbonyl (C=O) groups is 1. The maximum absolute atomic E-state index is 11.5. The van der Waals surface area contributed by atoms with E-state index >= 15 is 0 Å². The standard InChI is InChI=1S/C10H20N2O2/c1-11-10(14)12(7-8-13)9-5-3-2-4-6-9/h9,13H,2-8H2,1H3,(H,11,14). The molecule has 0 radical (unpaired) electrons. The smallest absolute Gasteiger partial charge is 0.317 e. The van der Waals surface area contributed by atoms with Gasteiger partial charge in [0.15, 0.2) is 0 Å². The fourth-order valence-electron chi connectivity index (χ4n) is 2.09. The second-order valence-electron chi connectivity index (χ2n) is 3.76. The van der Waals surface area contributed by atoms with Crippen molar-refractivity contribution in [2.24, 2.45) is 0 Å². The maximum Gasteiger partial charge on any atom is 0.317 e. The van der Waals surface area contributed by atoms with Gasteiger partial charge < -0.3 is 15.3 Å². The van der Waals surface area contributed by atoms with Crippen molar-refractivity contribution >= 4 is 6.03 Å². The van der Waals surface area contributed by atoms with Crippen LogP contribution in [0.3, 0.4) is 0 Å². The molecule has 1 rings (SSSR count). The van der Waals surface area contributed by atoms with Gasteiger partial charge in [0.05, 0.1) is 6.61 Å². The highest BCUT2D eigenvalue weighted by atomic mass is 16.3. The van der Waals surface area contributed by atoms with E-state index in [2.05, 4.69) is 5.32 Å². The minimum absolute atomic E-state index is 0.0456. The Morgan fingerprint density at radius 3 is 2.57 bits per heavy atom. The number of hydrogen-bond acceptors (Lipinski definition) is 2. The number of aliphatic hydroxyl groups is 1. The quantitative estimate of drug-likeness (QED) is 0.712. The monoisotopic (exact) mass is 200 g/mol. The van der Waals surface area contributed by atoms with Gasteiger partial charge in [0.2, 0.25) is 0 Å². The van der Waals surface area contributed by atoms with Gasteiger partial charge >= 0.3 is 6.03 Å². The van der Waals surface area contributed by atoms with Crippen LogP contribution in [-0.2, 0) is 0 Å². The predicted octanol–water partition coefficient (Wildman–Crippen LogP) is 0.953. The average molecular weight is 200 g/mol. The summed E-state index contributed by atoms with van der Waals surface area (Å²) in [5.41, 5.74) is 0. The molecule has 1 aliphatic rings. The molecule has 1 saturated carbocycles. The Morgan fingerprint density at radius 1 is 1.43 bits per heavy atom. The lowest BCUT2D eigenvalue weighted by Gasteiger charge is -2.33. The van der Waals surface area contributed by atoms with E-state index in [4.69, 9.17) is 5.11 Å². The second kappa shape index (κ2) is 5.86. The zero-order valence-electron chi connectivity index (χ0n) is 8.83. The van der Waals surface area contributed by atoms with Gasteiger partial charge in [0.25, 0.3) is 0 Å². The maximum atomic E-state index is 11.5.